The third-order valence-electron chi connectivity index (χ3n) is 2.96. The molecule has 0 spiro atoms. The van der Waals surface area contributed by atoms with Gasteiger partial charge >= 0.3 is 0 Å². The van der Waals surface area contributed by atoms with Gasteiger partial charge in [0, 0.05) is 25.3 Å². The van der Waals surface area contributed by atoms with E-state index in [1.807, 2.05) is 12.1 Å². The summed E-state index contributed by atoms with van der Waals surface area (Å²) in [4.78, 5) is 6.39. The van der Waals surface area contributed by atoms with Crippen molar-refractivity contribution in [3.8, 4) is 6.07 Å². The largest absolute Gasteiger partial charge is 0.367 e. The molecule has 1 fully saturated rings. The average Bonchev–Trinajstić information content (AvgIpc) is 2.35. The van der Waals surface area contributed by atoms with Crippen LogP contribution in [0.2, 0.25) is 5.02 Å². The predicted octanol–water partition coefficient (Wildman–Crippen LogP) is 2.13. The molecule has 0 atom stereocenters. The molecule has 1 aromatic heterocycles. The second kappa shape index (κ2) is 5.85. The Bertz CT molecular complexity index is 390. The molecule has 17 heavy (non-hydrogen) atoms. The Hall–Kier alpha value is -1.31. The Kier molecular flexibility index (Phi) is 4.18. The lowest BCUT2D eigenvalue weighted by Crippen LogP contribution is -2.39. The first kappa shape index (κ1) is 12.2. The second-order valence-corrected chi connectivity index (χ2v) is 4.65. The molecule has 4 nitrogen and oxygen atoms in total. The monoisotopic (exact) mass is 250 g/mol. The summed E-state index contributed by atoms with van der Waals surface area (Å²) in [5.41, 5.74) is 0. The van der Waals surface area contributed by atoms with Crippen LogP contribution in [-0.4, -0.2) is 35.6 Å². The summed E-state index contributed by atoms with van der Waals surface area (Å²) in [6, 6.07) is 6.36. The van der Waals surface area contributed by atoms with Gasteiger partial charge in [-0.05, 0) is 25.0 Å². The number of aromatic nitrogens is 1. The molecule has 1 aromatic rings. The van der Waals surface area contributed by atoms with Gasteiger partial charge in [0.25, 0.3) is 0 Å². The molecule has 0 saturated carbocycles. The molecule has 1 aliphatic heterocycles. The van der Waals surface area contributed by atoms with E-state index in [9.17, 15) is 0 Å². The lowest BCUT2D eigenvalue weighted by molar-refractivity contribution is 0.242. The summed E-state index contributed by atoms with van der Waals surface area (Å²) >= 11 is 5.78. The molecule has 0 amide bonds. The smallest absolute Gasteiger partial charge is 0.126 e. The minimum Gasteiger partial charge on any atom is -0.367 e. The van der Waals surface area contributed by atoms with E-state index in [2.05, 4.69) is 21.3 Å². The summed E-state index contributed by atoms with van der Waals surface area (Å²) < 4.78 is 0. The van der Waals surface area contributed by atoms with E-state index >= 15 is 0 Å². The van der Waals surface area contributed by atoms with Crippen molar-refractivity contribution in [1.82, 2.24) is 9.88 Å². The molecule has 1 N–H and O–H groups in total. The number of nitrogens with zero attached hydrogens (tertiary/aromatic N) is 3. The van der Waals surface area contributed by atoms with Crippen LogP contribution in [0.1, 0.15) is 12.8 Å². The van der Waals surface area contributed by atoms with Gasteiger partial charge in [0.1, 0.15) is 5.82 Å². The maximum absolute atomic E-state index is 8.62. The van der Waals surface area contributed by atoms with Crippen molar-refractivity contribution in [1.29, 1.82) is 5.26 Å². The molecule has 1 aliphatic rings. The zero-order chi connectivity index (χ0) is 12.1. The van der Waals surface area contributed by atoms with Crippen LogP contribution in [0.15, 0.2) is 18.3 Å². The number of nitrogens with one attached hydrogen (secondary N) is 1. The molecule has 2 heterocycles. The summed E-state index contributed by atoms with van der Waals surface area (Å²) in [5, 5.41) is 12.7. The summed E-state index contributed by atoms with van der Waals surface area (Å²) in [5.74, 6) is 0.869. The highest BCUT2D eigenvalue weighted by atomic mass is 35.5. The van der Waals surface area contributed by atoms with Crippen molar-refractivity contribution < 1.29 is 0 Å². The molecule has 0 aromatic carbocycles. The van der Waals surface area contributed by atoms with Gasteiger partial charge < -0.3 is 5.32 Å². The van der Waals surface area contributed by atoms with Crippen LogP contribution in [0, 0.1) is 11.3 Å². The molecule has 5 heteroatoms. The van der Waals surface area contributed by atoms with Crippen molar-refractivity contribution >= 4 is 17.4 Å². The standard InChI is InChI=1S/C12H15ClN4/c13-10-1-2-12(15-9-10)16-11-3-6-17(7-4-11)8-5-14/h1-2,9,11H,3-4,6-8H2,(H,15,16). The summed E-state index contributed by atoms with van der Waals surface area (Å²) in [6.45, 7) is 2.48. The molecule has 0 aliphatic carbocycles. The molecule has 0 bridgehead atoms. The molecular weight excluding hydrogens is 236 g/mol. The predicted molar refractivity (Wildman–Crippen MR) is 67.9 cm³/mol. The van der Waals surface area contributed by atoms with Gasteiger partial charge in [0.15, 0.2) is 0 Å². The van der Waals surface area contributed by atoms with E-state index in [1.165, 1.54) is 0 Å². The quantitative estimate of drug-likeness (QED) is 0.835. The maximum Gasteiger partial charge on any atom is 0.126 e. The van der Waals surface area contributed by atoms with Crippen molar-refractivity contribution in [3.05, 3.63) is 23.4 Å². The van der Waals surface area contributed by atoms with E-state index in [1.54, 1.807) is 6.20 Å². The zero-order valence-corrected chi connectivity index (χ0v) is 10.3. The highest BCUT2D eigenvalue weighted by Crippen LogP contribution is 2.16. The van der Waals surface area contributed by atoms with Crippen LogP contribution in [-0.2, 0) is 0 Å². The number of piperidine rings is 1. The van der Waals surface area contributed by atoms with Crippen molar-refractivity contribution in [2.75, 3.05) is 25.0 Å². The molecule has 0 radical (unpaired) electrons. The fraction of sp³-hybridized carbons (Fsp3) is 0.500. The number of anilines is 1. The Morgan fingerprint density at radius 3 is 2.82 bits per heavy atom. The van der Waals surface area contributed by atoms with E-state index in [-0.39, 0.29) is 0 Å². The average molecular weight is 251 g/mol. The summed E-state index contributed by atoms with van der Waals surface area (Å²) in [6.07, 6.45) is 3.74. The first-order valence-corrected chi connectivity index (χ1v) is 6.13. The van der Waals surface area contributed by atoms with Gasteiger partial charge in [0.2, 0.25) is 0 Å². The van der Waals surface area contributed by atoms with Crippen molar-refractivity contribution in [3.63, 3.8) is 0 Å². The Morgan fingerprint density at radius 2 is 2.24 bits per heavy atom. The Morgan fingerprint density at radius 1 is 1.47 bits per heavy atom. The number of rotatable bonds is 3. The van der Waals surface area contributed by atoms with Crippen molar-refractivity contribution in [2.24, 2.45) is 0 Å². The number of pyridine rings is 1. The SMILES string of the molecule is N#CCN1CCC(Nc2ccc(Cl)cn2)CC1. The van der Waals surface area contributed by atoms with Gasteiger partial charge in [-0.25, -0.2) is 4.98 Å². The van der Waals surface area contributed by atoms with Crippen LogP contribution in [0.4, 0.5) is 5.82 Å². The minimum absolute atomic E-state index is 0.443. The van der Waals surface area contributed by atoms with E-state index in [0.717, 1.165) is 31.7 Å². The lowest BCUT2D eigenvalue weighted by Gasteiger charge is -2.30. The van der Waals surface area contributed by atoms with Crippen LogP contribution in [0.3, 0.4) is 0 Å². The van der Waals surface area contributed by atoms with Crippen LogP contribution >= 0.6 is 11.6 Å². The zero-order valence-electron chi connectivity index (χ0n) is 9.56. The highest BCUT2D eigenvalue weighted by Gasteiger charge is 2.18. The van der Waals surface area contributed by atoms with Crippen LogP contribution in [0.25, 0.3) is 0 Å². The minimum atomic E-state index is 0.443. The third kappa shape index (κ3) is 3.58. The van der Waals surface area contributed by atoms with Gasteiger partial charge in [0.05, 0.1) is 17.6 Å². The molecule has 2 rings (SSSR count). The lowest BCUT2D eigenvalue weighted by atomic mass is 10.1. The first-order valence-electron chi connectivity index (χ1n) is 5.75. The number of nitriles is 1. The van der Waals surface area contributed by atoms with Gasteiger partial charge in [-0.2, -0.15) is 5.26 Å². The van der Waals surface area contributed by atoms with E-state index in [0.29, 0.717) is 17.6 Å². The molecule has 90 valence electrons. The fourth-order valence-corrected chi connectivity index (χ4v) is 2.12. The summed E-state index contributed by atoms with van der Waals surface area (Å²) in [7, 11) is 0. The van der Waals surface area contributed by atoms with E-state index in [4.69, 9.17) is 16.9 Å². The Labute approximate surface area is 106 Å². The van der Waals surface area contributed by atoms with Gasteiger partial charge in [-0.1, -0.05) is 11.6 Å². The van der Waals surface area contributed by atoms with E-state index < -0.39 is 0 Å². The third-order valence-corrected chi connectivity index (χ3v) is 3.18. The topological polar surface area (TPSA) is 52.0 Å². The fourth-order valence-electron chi connectivity index (χ4n) is 2.01. The molecule has 1 saturated heterocycles. The first-order chi connectivity index (χ1) is 8.28. The highest BCUT2D eigenvalue weighted by molar-refractivity contribution is 6.30. The Balaban J connectivity index is 1.82. The van der Waals surface area contributed by atoms with Gasteiger partial charge in [-0.3, -0.25) is 4.90 Å². The van der Waals surface area contributed by atoms with Crippen molar-refractivity contribution in [2.45, 2.75) is 18.9 Å². The number of hydrogen-bond donors (Lipinski definition) is 1. The normalized spacial score (nSPS) is 17.6. The van der Waals surface area contributed by atoms with Crippen LogP contribution in [0.5, 0.6) is 0 Å². The van der Waals surface area contributed by atoms with Crippen LogP contribution < -0.4 is 5.32 Å². The number of hydrogen-bond acceptors (Lipinski definition) is 4. The molecular formula is C12H15ClN4. The number of halogens is 1. The van der Waals surface area contributed by atoms with Gasteiger partial charge in [-0.15, -0.1) is 0 Å². The number of likely N-dealkylation sites (tertiary alicyclic amines) is 1. The maximum atomic E-state index is 8.62. The molecule has 0 unspecified atom stereocenters. The second-order valence-electron chi connectivity index (χ2n) is 4.21.